The van der Waals surface area contributed by atoms with Gasteiger partial charge in [0.15, 0.2) is 0 Å². The topological polar surface area (TPSA) is 39.2 Å². The maximum atomic E-state index is 13.6. The van der Waals surface area contributed by atoms with Crippen LogP contribution >= 0.6 is 27.5 Å². The third-order valence-corrected chi connectivity index (χ3v) is 3.49. The third kappa shape index (κ3) is 2.12. The highest BCUT2D eigenvalue weighted by atomic mass is 79.9. The predicted octanol–water partition coefficient (Wildman–Crippen LogP) is 3.58. The number of halogens is 3. The summed E-state index contributed by atoms with van der Waals surface area (Å²) in [5.74, 6) is -1.43. The van der Waals surface area contributed by atoms with Crippen molar-refractivity contribution >= 4 is 44.4 Å². The first-order chi connectivity index (χ1) is 8.04. The molecule has 0 N–H and O–H groups in total. The number of benzene rings is 1. The van der Waals surface area contributed by atoms with E-state index >= 15 is 0 Å². The van der Waals surface area contributed by atoms with Crippen molar-refractivity contribution in [3.63, 3.8) is 0 Å². The van der Waals surface area contributed by atoms with E-state index in [9.17, 15) is 9.18 Å². The maximum absolute atomic E-state index is 13.6. The molecule has 6 heteroatoms. The number of nitrogens with zero attached hydrogens (tertiary/aromatic N) is 1. The van der Waals surface area contributed by atoms with Gasteiger partial charge in [-0.15, -0.1) is 0 Å². The lowest BCUT2D eigenvalue weighted by Gasteiger charge is -2.06. The Morgan fingerprint density at radius 1 is 1.53 bits per heavy atom. The smallest absolute Gasteiger partial charge is 0.340 e. The number of hydrogen-bond donors (Lipinski definition) is 0. The van der Waals surface area contributed by atoms with Gasteiger partial charge in [-0.25, -0.2) is 9.18 Å². The second kappa shape index (κ2) is 4.58. The molecule has 0 aliphatic heterocycles. The van der Waals surface area contributed by atoms with Gasteiger partial charge >= 0.3 is 5.97 Å². The zero-order valence-electron chi connectivity index (χ0n) is 8.63. The highest BCUT2D eigenvalue weighted by Gasteiger charge is 2.15. The Hall–Kier alpha value is -1.20. The number of esters is 1. The monoisotopic (exact) mass is 317 g/mol. The summed E-state index contributed by atoms with van der Waals surface area (Å²) in [7, 11) is 1.19. The molecule has 1 heterocycles. The quantitative estimate of drug-likeness (QED) is 0.755. The lowest BCUT2D eigenvalue weighted by Crippen LogP contribution is -2.04. The minimum atomic E-state index is -0.750. The highest BCUT2D eigenvalue weighted by molar-refractivity contribution is 9.10. The number of carbonyl (C=O) groups excluding carboxylic acids is 1. The molecule has 0 aliphatic carbocycles. The van der Waals surface area contributed by atoms with Gasteiger partial charge in [0.05, 0.1) is 27.7 Å². The van der Waals surface area contributed by atoms with Gasteiger partial charge in [-0.1, -0.05) is 11.6 Å². The molecule has 0 atom stereocenters. The van der Waals surface area contributed by atoms with Crippen molar-refractivity contribution in [3.05, 3.63) is 39.2 Å². The second-order valence-corrected chi connectivity index (χ2v) is 4.49. The number of fused-ring (bicyclic) bond motifs is 1. The molecule has 0 saturated carbocycles. The van der Waals surface area contributed by atoms with Crippen molar-refractivity contribution in [2.45, 2.75) is 0 Å². The van der Waals surface area contributed by atoms with Crippen LogP contribution in [0.3, 0.4) is 0 Å². The summed E-state index contributed by atoms with van der Waals surface area (Å²) in [5, 5.41) is 0.864. The zero-order chi connectivity index (χ0) is 12.6. The lowest BCUT2D eigenvalue weighted by molar-refractivity contribution is 0.0596. The van der Waals surface area contributed by atoms with Crippen molar-refractivity contribution in [2.75, 3.05) is 7.11 Å². The normalized spacial score (nSPS) is 10.6. The molecule has 88 valence electrons. The van der Waals surface area contributed by atoms with Crippen molar-refractivity contribution in [1.82, 2.24) is 4.98 Å². The first-order valence-electron chi connectivity index (χ1n) is 4.56. The van der Waals surface area contributed by atoms with Gasteiger partial charge in [-0.3, -0.25) is 4.98 Å². The molecule has 0 spiro atoms. The van der Waals surface area contributed by atoms with Crippen LogP contribution in [-0.2, 0) is 4.74 Å². The van der Waals surface area contributed by atoms with Crippen molar-refractivity contribution < 1.29 is 13.9 Å². The number of ether oxygens (including phenoxy) is 1. The van der Waals surface area contributed by atoms with Crippen molar-refractivity contribution in [2.24, 2.45) is 0 Å². The van der Waals surface area contributed by atoms with Crippen LogP contribution in [0, 0.1) is 5.82 Å². The number of pyridine rings is 1. The van der Waals surface area contributed by atoms with Gasteiger partial charge in [0.25, 0.3) is 0 Å². The van der Waals surface area contributed by atoms with Crippen LogP contribution in [0.1, 0.15) is 10.4 Å². The van der Waals surface area contributed by atoms with E-state index < -0.39 is 11.8 Å². The largest absolute Gasteiger partial charge is 0.465 e. The van der Waals surface area contributed by atoms with Gasteiger partial charge in [0.2, 0.25) is 0 Å². The molecule has 0 saturated heterocycles. The fraction of sp³-hybridized carbons (Fsp3) is 0.0909. The molecule has 1 aromatic carbocycles. The molecule has 0 radical (unpaired) electrons. The molecule has 0 bridgehead atoms. The first kappa shape index (κ1) is 12.3. The van der Waals surface area contributed by atoms with E-state index in [2.05, 4.69) is 25.7 Å². The van der Waals surface area contributed by atoms with E-state index in [4.69, 9.17) is 11.6 Å². The summed E-state index contributed by atoms with van der Waals surface area (Å²) < 4.78 is 18.7. The first-order valence-corrected chi connectivity index (χ1v) is 5.73. The average Bonchev–Trinajstić information content (AvgIpc) is 2.32. The summed E-state index contributed by atoms with van der Waals surface area (Å²) in [6.07, 6.45) is 1.47. The average molecular weight is 319 g/mol. The van der Waals surface area contributed by atoms with Crippen molar-refractivity contribution in [1.29, 1.82) is 0 Å². The molecule has 0 amide bonds. The fourth-order valence-electron chi connectivity index (χ4n) is 1.42. The Kier molecular flexibility index (Phi) is 3.31. The Morgan fingerprint density at radius 2 is 2.24 bits per heavy atom. The van der Waals surface area contributed by atoms with E-state index in [1.807, 2.05) is 0 Å². The van der Waals surface area contributed by atoms with E-state index in [0.29, 0.717) is 20.4 Å². The zero-order valence-corrected chi connectivity index (χ0v) is 11.0. The van der Waals surface area contributed by atoms with E-state index in [0.717, 1.165) is 6.07 Å². The minimum absolute atomic E-state index is 0.165. The number of methoxy groups -OCH3 is 1. The van der Waals surface area contributed by atoms with E-state index in [-0.39, 0.29) is 5.56 Å². The molecule has 2 rings (SSSR count). The SMILES string of the molecule is COC(=O)c1cc2c(Cl)c(Br)cnc2cc1F. The van der Waals surface area contributed by atoms with Crippen LogP contribution in [0.2, 0.25) is 5.02 Å². The number of aromatic nitrogens is 1. The minimum Gasteiger partial charge on any atom is -0.465 e. The molecule has 0 fully saturated rings. The summed E-state index contributed by atoms with van der Waals surface area (Å²) >= 11 is 9.25. The van der Waals surface area contributed by atoms with Gasteiger partial charge in [0.1, 0.15) is 5.82 Å². The van der Waals surface area contributed by atoms with Crippen LogP contribution < -0.4 is 0 Å². The van der Waals surface area contributed by atoms with Crippen LogP contribution in [0.5, 0.6) is 0 Å². The summed E-state index contributed by atoms with van der Waals surface area (Å²) in [5.41, 5.74) is 0.213. The summed E-state index contributed by atoms with van der Waals surface area (Å²) in [6.45, 7) is 0. The number of rotatable bonds is 1. The molecular formula is C11H6BrClFNO2. The molecular weight excluding hydrogens is 312 g/mol. The second-order valence-electron chi connectivity index (χ2n) is 3.26. The van der Waals surface area contributed by atoms with Crippen LogP contribution in [0.25, 0.3) is 10.9 Å². The molecule has 17 heavy (non-hydrogen) atoms. The maximum Gasteiger partial charge on any atom is 0.340 e. The highest BCUT2D eigenvalue weighted by Crippen LogP contribution is 2.31. The van der Waals surface area contributed by atoms with E-state index in [1.165, 1.54) is 19.4 Å². The standard InChI is InChI=1S/C11H6BrClFNO2/c1-17-11(16)5-2-6-9(3-8(5)14)15-4-7(12)10(6)13/h2-4H,1H3. The van der Waals surface area contributed by atoms with Gasteiger partial charge < -0.3 is 4.74 Å². The summed E-state index contributed by atoms with van der Waals surface area (Å²) in [6, 6.07) is 2.48. The van der Waals surface area contributed by atoms with Crippen LogP contribution in [0.15, 0.2) is 22.8 Å². The molecule has 0 unspecified atom stereocenters. The number of carbonyl (C=O) groups is 1. The van der Waals surface area contributed by atoms with Crippen LogP contribution in [-0.4, -0.2) is 18.1 Å². The van der Waals surface area contributed by atoms with Crippen molar-refractivity contribution in [3.8, 4) is 0 Å². The summed E-state index contributed by atoms with van der Waals surface area (Å²) in [4.78, 5) is 15.3. The molecule has 1 aromatic heterocycles. The fourth-order valence-corrected chi connectivity index (χ4v) is 1.94. The number of hydrogen-bond acceptors (Lipinski definition) is 3. The Labute approximate surface area is 110 Å². The van der Waals surface area contributed by atoms with E-state index in [1.54, 1.807) is 0 Å². The van der Waals surface area contributed by atoms with Gasteiger partial charge in [-0.2, -0.15) is 0 Å². The molecule has 3 nitrogen and oxygen atoms in total. The third-order valence-electron chi connectivity index (χ3n) is 2.25. The predicted molar refractivity (Wildman–Crippen MR) is 65.8 cm³/mol. The Morgan fingerprint density at radius 3 is 2.88 bits per heavy atom. The molecule has 0 aliphatic rings. The van der Waals surface area contributed by atoms with Gasteiger partial charge in [0, 0.05) is 17.6 Å². The Bertz CT molecular complexity index is 618. The van der Waals surface area contributed by atoms with Gasteiger partial charge in [-0.05, 0) is 22.0 Å². The lowest BCUT2D eigenvalue weighted by atomic mass is 10.1. The van der Waals surface area contributed by atoms with Crippen LogP contribution in [0.4, 0.5) is 4.39 Å². The molecule has 2 aromatic rings. The Balaban J connectivity index is 2.77.